The summed E-state index contributed by atoms with van der Waals surface area (Å²) in [5.41, 5.74) is -0.854. The van der Waals surface area contributed by atoms with Crippen molar-refractivity contribution in [3.63, 3.8) is 0 Å². The number of amides is 2. The van der Waals surface area contributed by atoms with E-state index in [1.807, 2.05) is 0 Å². The molecule has 0 aliphatic carbocycles. The molecule has 28 heavy (non-hydrogen) atoms. The zero-order valence-electron chi connectivity index (χ0n) is 14.7. The lowest BCUT2D eigenvalue weighted by Crippen LogP contribution is -2.46. The van der Waals surface area contributed by atoms with E-state index >= 15 is 0 Å². The predicted molar refractivity (Wildman–Crippen MR) is 96.0 cm³/mol. The van der Waals surface area contributed by atoms with Crippen molar-refractivity contribution in [2.45, 2.75) is 25.9 Å². The number of fused-ring (bicyclic) bond motifs is 1. The van der Waals surface area contributed by atoms with Gasteiger partial charge in [-0.1, -0.05) is 0 Å². The topological polar surface area (TPSA) is 126 Å². The molecule has 2 aromatic rings. The van der Waals surface area contributed by atoms with Gasteiger partial charge in [-0.3, -0.25) is 19.0 Å². The molecule has 0 saturated heterocycles. The highest BCUT2D eigenvalue weighted by Crippen LogP contribution is 2.13. The number of benzene rings is 1. The van der Waals surface area contributed by atoms with Crippen LogP contribution in [0.15, 0.2) is 33.9 Å². The molecule has 0 bridgehead atoms. The van der Waals surface area contributed by atoms with E-state index in [0.29, 0.717) is 35.3 Å². The maximum absolute atomic E-state index is 12.8. The third-order valence-corrected chi connectivity index (χ3v) is 4.32. The highest BCUT2D eigenvalue weighted by atomic mass is 19.1. The Bertz CT molecular complexity index is 1100. The SMILES string of the molecule is N#Cc1c2n(c(=O)n(CC(=O)NCC(=O)Nc3ccc(F)cc3)c1=O)CCC2. The summed E-state index contributed by atoms with van der Waals surface area (Å²) in [5, 5.41) is 14.0. The van der Waals surface area contributed by atoms with Crippen molar-refractivity contribution in [1.29, 1.82) is 5.26 Å². The number of nitriles is 1. The number of anilines is 1. The molecular formula is C18H16FN5O4. The standard InChI is InChI=1S/C18H16FN5O4/c19-11-3-5-12(6-4-11)22-15(25)9-21-16(26)10-24-17(27)13(8-20)14-2-1-7-23(14)18(24)28/h3-6H,1-2,7,9-10H2,(H,21,26)(H,22,25). The van der Waals surface area contributed by atoms with Gasteiger partial charge in [0.1, 0.15) is 24.0 Å². The molecule has 2 N–H and O–H groups in total. The molecule has 1 aliphatic heterocycles. The minimum atomic E-state index is -0.813. The molecule has 9 nitrogen and oxygen atoms in total. The van der Waals surface area contributed by atoms with Gasteiger partial charge in [0.2, 0.25) is 11.8 Å². The van der Waals surface area contributed by atoms with Crippen molar-refractivity contribution < 1.29 is 14.0 Å². The minimum Gasteiger partial charge on any atom is -0.345 e. The van der Waals surface area contributed by atoms with Gasteiger partial charge in [-0.2, -0.15) is 5.26 Å². The molecule has 0 radical (unpaired) electrons. The fourth-order valence-electron chi connectivity index (χ4n) is 3.01. The second kappa shape index (κ2) is 7.87. The fraction of sp³-hybridized carbons (Fsp3) is 0.278. The Balaban J connectivity index is 1.66. The van der Waals surface area contributed by atoms with Crippen molar-refractivity contribution in [1.82, 2.24) is 14.5 Å². The fourth-order valence-corrected chi connectivity index (χ4v) is 3.01. The number of nitrogens with zero attached hydrogens (tertiary/aromatic N) is 3. The van der Waals surface area contributed by atoms with E-state index in [0.717, 1.165) is 0 Å². The Labute approximate surface area is 158 Å². The van der Waals surface area contributed by atoms with E-state index in [-0.39, 0.29) is 5.56 Å². The maximum Gasteiger partial charge on any atom is 0.331 e. The third kappa shape index (κ3) is 3.83. The van der Waals surface area contributed by atoms with Crippen molar-refractivity contribution in [2.75, 3.05) is 11.9 Å². The van der Waals surface area contributed by atoms with Gasteiger partial charge in [0, 0.05) is 17.9 Å². The van der Waals surface area contributed by atoms with Crippen LogP contribution in [0.3, 0.4) is 0 Å². The highest BCUT2D eigenvalue weighted by Gasteiger charge is 2.23. The van der Waals surface area contributed by atoms with Gasteiger partial charge < -0.3 is 10.6 Å². The molecule has 2 amide bonds. The van der Waals surface area contributed by atoms with Crippen LogP contribution in [0.5, 0.6) is 0 Å². The molecule has 1 aromatic carbocycles. The minimum absolute atomic E-state index is 0.140. The third-order valence-electron chi connectivity index (χ3n) is 4.32. The van der Waals surface area contributed by atoms with E-state index in [1.54, 1.807) is 6.07 Å². The molecule has 0 unspecified atom stereocenters. The molecule has 2 heterocycles. The van der Waals surface area contributed by atoms with Crippen molar-refractivity contribution in [3.05, 3.63) is 62.2 Å². The van der Waals surface area contributed by atoms with Gasteiger partial charge in [0.25, 0.3) is 5.56 Å². The summed E-state index contributed by atoms with van der Waals surface area (Å²) in [4.78, 5) is 48.7. The van der Waals surface area contributed by atoms with Crippen LogP contribution in [0, 0.1) is 17.1 Å². The van der Waals surface area contributed by atoms with Crippen molar-refractivity contribution >= 4 is 17.5 Å². The molecule has 144 valence electrons. The van der Waals surface area contributed by atoms with Crippen LogP contribution in [-0.4, -0.2) is 27.5 Å². The van der Waals surface area contributed by atoms with E-state index in [4.69, 9.17) is 0 Å². The summed E-state index contributed by atoms with van der Waals surface area (Å²) < 4.78 is 14.9. The highest BCUT2D eigenvalue weighted by molar-refractivity contribution is 5.94. The predicted octanol–water partition coefficient (Wildman–Crippen LogP) is -0.278. The lowest BCUT2D eigenvalue weighted by atomic mass is 10.2. The summed E-state index contributed by atoms with van der Waals surface area (Å²) in [7, 11) is 0. The average molecular weight is 385 g/mol. The quantitative estimate of drug-likeness (QED) is 0.732. The summed E-state index contributed by atoms with van der Waals surface area (Å²) in [5.74, 6) is -1.74. The van der Waals surface area contributed by atoms with Gasteiger partial charge in [-0.15, -0.1) is 0 Å². The molecule has 0 saturated carbocycles. The van der Waals surface area contributed by atoms with Crippen LogP contribution in [0.25, 0.3) is 0 Å². The lowest BCUT2D eigenvalue weighted by Gasteiger charge is -2.11. The van der Waals surface area contributed by atoms with Gasteiger partial charge >= 0.3 is 5.69 Å². The van der Waals surface area contributed by atoms with Crippen LogP contribution in [0.1, 0.15) is 17.7 Å². The number of rotatable bonds is 5. The Morgan fingerprint density at radius 2 is 1.89 bits per heavy atom. The van der Waals surface area contributed by atoms with Crippen LogP contribution < -0.4 is 21.9 Å². The Morgan fingerprint density at radius 1 is 1.18 bits per heavy atom. The van der Waals surface area contributed by atoms with E-state index in [1.165, 1.54) is 28.8 Å². The lowest BCUT2D eigenvalue weighted by molar-refractivity contribution is -0.124. The first-order valence-corrected chi connectivity index (χ1v) is 8.49. The Morgan fingerprint density at radius 3 is 2.57 bits per heavy atom. The monoisotopic (exact) mass is 385 g/mol. The Kier molecular flexibility index (Phi) is 5.35. The zero-order chi connectivity index (χ0) is 20.3. The number of hydrogen-bond acceptors (Lipinski definition) is 5. The normalized spacial score (nSPS) is 12.1. The van der Waals surface area contributed by atoms with Crippen LogP contribution in [-0.2, 0) is 29.1 Å². The number of carbonyl (C=O) groups is 2. The average Bonchev–Trinajstić information content (AvgIpc) is 3.15. The molecule has 0 atom stereocenters. The summed E-state index contributed by atoms with van der Waals surface area (Å²) >= 11 is 0. The molecule has 1 aliphatic rings. The van der Waals surface area contributed by atoms with E-state index < -0.39 is 42.0 Å². The van der Waals surface area contributed by atoms with E-state index in [9.17, 15) is 28.8 Å². The number of nitrogens with one attached hydrogen (secondary N) is 2. The van der Waals surface area contributed by atoms with E-state index in [2.05, 4.69) is 10.6 Å². The van der Waals surface area contributed by atoms with Gasteiger partial charge in [0.05, 0.1) is 6.54 Å². The van der Waals surface area contributed by atoms with Gasteiger partial charge in [0.15, 0.2) is 0 Å². The molecule has 1 aromatic heterocycles. The van der Waals surface area contributed by atoms with Crippen LogP contribution in [0.4, 0.5) is 10.1 Å². The first-order chi connectivity index (χ1) is 13.4. The number of carbonyl (C=O) groups excluding carboxylic acids is 2. The molecule has 0 fully saturated rings. The van der Waals surface area contributed by atoms with Crippen LogP contribution >= 0.6 is 0 Å². The van der Waals surface area contributed by atoms with Crippen LogP contribution in [0.2, 0.25) is 0 Å². The molecule has 0 spiro atoms. The second-order valence-corrected chi connectivity index (χ2v) is 6.19. The van der Waals surface area contributed by atoms with Gasteiger partial charge in [-0.05, 0) is 37.1 Å². The number of hydrogen-bond donors (Lipinski definition) is 2. The second-order valence-electron chi connectivity index (χ2n) is 6.19. The molecular weight excluding hydrogens is 369 g/mol. The first kappa shape index (κ1) is 19.0. The summed E-state index contributed by atoms with van der Waals surface area (Å²) in [6, 6.07) is 6.88. The summed E-state index contributed by atoms with van der Waals surface area (Å²) in [6.45, 7) is -0.621. The van der Waals surface area contributed by atoms with Crippen molar-refractivity contribution in [3.8, 4) is 6.07 Å². The van der Waals surface area contributed by atoms with Gasteiger partial charge in [-0.25, -0.2) is 13.8 Å². The smallest absolute Gasteiger partial charge is 0.331 e. The number of aromatic nitrogens is 2. The Hall–Kier alpha value is -3.74. The van der Waals surface area contributed by atoms with Crippen molar-refractivity contribution in [2.24, 2.45) is 0 Å². The molecule has 3 rings (SSSR count). The number of halogens is 1. The summed E-state index contributed by atoms with van der Waals surface area (Å²) in [6.07, 6.45) is 1.10. The largest absolute Gasteiger partial charge is 0.345 e. The molecule has 10 heteroatoms. The first-order valence-electron chi connectivity index (χ1n) is 8.49. The maximum atomic E-state index is 12.8. The zero-order valence-corrected chi connectivity index (χ0v) is 14.7.